The van der Waals surface area contributed by atoms with Crippen molar-refractivity contribution in [3.8, 4) is 5.75 Å². The first kappa shape index (κ1) is 16.5. The molecular formula is C18H22FN3O2. The highest BCUT2D eigenvalue weighted by Crippen LogP contribution is 2.25. The van der Waals surface area contributed by atoms with Crippen molar-refractivity contribution in [2.24, 2.45) is 0 Å². The average molecular weight is 331 g/mol. The lowest BCUT2D eigenvalue weighted by atomic mass is 9.98. The molecule has 3 rings (SSSR count). The molecule has 2 aromatic rings. The number of methoxy groups -OCH3 is 1. The highest BCUT2D eigenvalue weighted by molar-refractivity contribution is 5.94. The minimum absolute atomic E-state index is 0.0570. The first-order chi connectivity index (χ1) is 11.7. The first-order valence-corrected chi connectivity index (χ1v) is 8.31. The van der Waals surface area contributed by atoms with Gasteiger partial charge in [0.25, 0.3) is 5.91 Å². The molecule has 5 nitrogen and oxygen atoms in total. The molecule has 0 unspecified atom stereocenters. The van der Waals surface area contributed by atoms with E-state index in [2.05, 4.69) is 5.10 Å². The van der Waals surface area contributed by atoms with E-state index in [1.807, 2.05) is 21.8 Å². The second-order valence-corrected chi connectivity index (χ2v) is 6.06. The fourth-order valence-corrected chi connectivity index (χ4v) is 3.24. The Bertz CT molecular complexity index is 688. The van der Waals surface area contributed by atoms with Crippen LogP contribution >= 0.6 is 0 Å². The summed E-state index contributed by atoms with van der Waals surface area (Å²) in [5.41, 5.74) is 0.472. The van der Waals surface area contributed by atoms with Gasteiger partial charge in [-0.2, -0.15) is 5.10 Å². The van der Waals surface area contributed by atoms with Crippen molar-refractivity contribution >= 4 is 5.91 Å². The summed E-state index contributed by atoms with van der Waals surface area (Å²) in [4.78, 5) is 14.8. The van der Waals surface area contributed by atoms with Gasteiger partial charge in [0.05, 0.1) is 7.11 Å². The van der Waals surface area contributed by atoms with E-state index >= 15 is 0 Å². The molecule has 1 fully saturated rings. The number of carbonyl (C=O) groups is 1. The number of benzene rings is 1. The predicted molar refractivity (Wildman–Crippen MR) is 88.5 cm³/mol. The summed E-state index contributed by atoms with van der Waals surface area (Å²) < 4.78 is 20.4. The molecule has 0 saturated carbocycles. The third-order valence-corrected chi connectivity index (χ3v) is 4.54. The molecule has 0 spiro atoms. The molecule has 1 atom stereocenters. The van der Waals surface area contributed by atoms with Crippen molar-refractivity contribution in [2.75, 3.05) is 13.7 Å². The lowest BCUT2D eigenvalue weighted by molar-refractivity contribution is 0.0593. The smallest absolute Gasteiger partial charge is 0.254 e. The number of rotatable bonds is 5. The lowest BCUT2D eigenvalue weighted by Crippen LogP contribution is -2.44. The van der Waals surface area contributed by atoms with Gasteiger partial charge in [-0.15, -0.1) is 0 Å². The van der Waals surface area contributed by atoms with E-state index in [4.69, 9.17) is 4.74 Å². The molecule has 1 amide bonds. The van der Waals surface area contributed by atoms with Gasteiger partial charge in [-0.1, -0.05) is 0 Å². The average Bonchev–Trinajstić information content (AvgIpc) is 3.13. The van der Waals surface area contributed by atoms with Crippen molar-refractivity contribution < 1.29 is 13.9 Å². The molecule has 24 heavy (non-hydrogen) atoms. The SMILES string of the molecule is COc1cc(C(=O)N2CCCC[C@H]2CCn2cccn2)ccc1F. The van der Waals surface area contributed by atoms with E-state index in [-0.39, 0.29) is 17.7 Å². The zero-order chi connectivity index (χ0) is 16.9. The van der Waals surface area contributed by atoms with Gasteiger partial charge >= 0.3 is 0 Å². The highest BCUT2D eigenvalue weighted by atomic mass is 19.1. The minimum atomic E-state index is -0.456. The van der Waals surface area contributed by atoms with Gasteiger partial charge in [0, 0.05) is 37.1 Å². The predicted octanol–water partition coefficient (Wildman–Crippen LogP) is 3.12. The van der Waals surface area contributed by atoms with Gasteiger partial charge in [-0.3, -0.25) is 9.48 Å². The van der Waals surface area contributed by atoms with E-state index in [0.29, 0.717) is 5.56 Å². The number of aryl methyl sites for hydroxylation is 1. The van der Waals surface area contributed by atoms with Crippen LogP contribution in [0.15, 0.2) is 36.7 Å². The summed E-state index contributed by atoms with van der Waals surface area (Å²) >= 11 is 0. The summed E-state index contributed by atoms with van der Waals surface area (Å²) in [5, 5.41) is 4.22. The summed E-state index contributed by atoms with van der Waals surface area (Å²) in [6, 6.07) is 6.38. The van der Waals surface area contributed by atoms with Crippen LogP contribution < -0.4 is 4.74 Å². The van der Waals surface area contributed by atoms with Crippen LogP contribution in [-0.4, -0.2) is 40.3 Å². The molecule has 1 aromatic carbocycles. The van der Waals surface area contributed by atoms with Crippen molar-refractivity contribution in [1.82, 2.24) is 14.7 Å². The number of hydrogen-bond acceptors (Lipinski definition) is 3. The zero-order valence-corrected chi connectivity index (χ0v) is 13.8. The van der Waals surface area contributed by atoms with Crippen LogP contribution in [0, 0.1) is 5.82 Å². The Hall–Kier alpha value is -2.37. The van der Waals surface area contributed by atoms with Gasteiger partial charge in [0.1, 0.15) is 0 Å². The van der Waals surface area contributed by atoms with E-state index in [1.54, 1.807) is 6.20 Å². The van der Waals surface area contributed by atoms with Crippen molar-refractivity contribution in [2.45, 2.75) is 38.3 Å². The Balaban J connectivity index is 1.73. The Morgan fingerprint density at radius 1 is 1.42 bits per heavy atom. The molecule has 0 radical (unpaired) electrons. The van der Waals surface area contributed by atoms with Crippen LogP contribution in [0.5, 0.6) is 5.75 Å². The maximum Gasteiger partial charge on any atom is 0.254 e. The number of halogens is 1. The Kier molecular flexibility index (Phi) is 5.13. The number of aromatic nitrogens is 2. The molecule has 1 saturated heterocycles. The Labute approximate surface area is 141 Å². The van der Waals surface area contributed by atoms with Crippen LogP contribution in [0.2, 0.25) is 0 Å². The molecule has 0 bridgehead atoms. The van der Waals surface area contributed by atoms with Gasteiger partial charge < -0.3 is 9.64 Å². The molecule has 6 heteroatoms. The summed E-state index contributed by atoms with van der Waals surface area (Å²) in [6.45, 7) is 1.52. The largest absolute Gasteiger partial charge is 0.494 e. The Morgan fingerprint density at radius 3 is 3.04 bits per heavy atom. The molecule has 0 N–H and O–H groups in total. The van der Waals surface area contributed by atoms with Crippen LogP contribution in [0.4, 0.5) is 4.39 Å². The van der Waals surface area contributed by atoms with Crippen molar-refractivity contribution in [1.29, 1.82) is 0 Å². The quantitative estimate of drug-likeness (QED) is 0.846. The maximum atomic E-state index is 13.6. The lowest BCUT2D eigenvalue weighted by Gasteiger charge is -2.36. The second-order valence-electron chi connectivity index (χ2n) is 6.06. The van der Waals surface area contributed by atoms with Crippen molar-refractivity contribution in [3.63, 3.8) is 0 Å². The van der Waals surface area contributed by atoms with Gasteiger partial charge in [0.15, 0.2) is 11.6 Å². The Morgan fingerprint density at radius 2 is 2.29 bits per heavy atom. The van der Waals surface area contributed by atoms with Gasteiger partial charge in [0.2, 0.25) is 0 Å². The number of hydrogen-bond donors (Lipinski definition) is 0. The summed E-state index contributed by atoms with van der Waals surface area (Å²) in [7, 11) is 1.40. The second kappa shape index (κ2) is 7.47. The normalized spacial score (nSPS) is 17.8. The molecule has 1 aliphatic heterocycles. The third-order valence-electron chi connectivity index (χ3n) is 4.54. The third kappa shape index (κ3) is 3.58. The first-order valence-electron chi connectivity index (χ1n) is 8.31. The fourth-order valence-electron chi connectivity index (χ4n) is 3.24. The van der Waals surface area contributed by atoms with Crippen LogP contribution in [0.1, 0.15) is 36.0 Å². The molecule has 0 aliphatic carbocycles. The minimum Gasteiger partial charge on any atom is -0.494 e. The van der Waals surface area contributed by atoms with Crippen LogP contribution in [0.3, 0.4) is 0 Å². The number of amides is 1. The van der Waals surface area contributed by atoms with Gasteiger partial charge in [-0.25, -0.2) is 4.39 Å². The summed E-state index contributed by atoms with van der Waals surface area (Å²) in [5.74, 6) is -0.410. The van der Waals surface area contributed by atoms with Crippen molar-refractivity contribution in [3.05, 3.63) is 48.0 Å². The standard InChI is InChI=1S/C18H22FN3O2/c1-24-17-13-14(6-7-16(17)19)18(23)22-11-3-2-5-15(22)8-12-21-10-4-9-20-21/h4,6-7,9-10,13,15H,2-3,5,8,11-12H2,1H3/t15-/m0/s1. The molecule has 1 aliphatic rings. The molecule has 128 valence electrons. The molecule has 1 aromatic heterocycles. The number of likely N-dealkylation sites (tertiary alicyclic amines) is 1. The van der Waals surface area contributed by atoms with Crippen LogP contribution in [-0.2, 0) is 6.54 Å². The number of nitrogens with zero attached hydrogens (tertiary/aromatic N) is 3. The maximum absolute atomic E-state index is 13.6. The molecule has 2 heterocycles. The summed E-state index contributed by atoms with van der Waals surface area (Å²) in [6.07, 6.45) is 7.67. The number of carbonyl (C=O) groups excluding carboxylic acids is 1. The highest BCUT2D eigenvalue weighted by Gasteiger charge is 2.27. The van der Waals surface area contributed by atoms with E-state index < -0.39 is 5.82 Å². The number of piperidine rings is 1. The zero-order valence-electron chi connectivity index (χ0n) is 13.8. The molecular weight excluding hydrogens is 309 g/mol. The van der Waals surface area contributed by atoms with Crippen LogP contribution in [0.25, 0.3) is 0 Å². The fraction of sp³-hybridized carbons (Fsp3) is 0.444. The number of ether oxygens (including phenoxy) is 1. The van der Waals surface area contributed by atoms with E-state index in [0.717, 1.165) is 38.8 Å². The monoisotopic (exact) mass is 331 g/mol. The van der Waals surface area contributed by atoms with E-state index in [9.17, 15) is 9.18 Å². The van der Waals surface area contributed by atoms with Gasteiger partial charge in [-0.05, 0) is 49.9 Å². The topological polar surface area (TPSA) is 47.4 Å². The van der Waals surface area contributed by atoms with E-state index in [1.165, 1.54) is 25.3 Å².